The quantitative estimate of drug-likeness (QED) is 0.620. The topological polar surface area (TPSA) is 40.5 Å². The summed E-state index contributed by atoms with van der Waals surface area (Å²) in [5, 5.41) is 19.2. The maximum absolute atomic E-state index is 9.83. The second-order valence-corrected chi connectivity index (χ2v) is 4.98. The lowest BCUT2D eigenvalue weighted by Crippen LogP contribution is -2.39. The largest absolute Gasteiger partial charge is 0.396 e. The van der Waals surface area contributed by atoms with Crippen molar-refractivity contribution in [3.05, 3.63) is 0 Å². The number of aliphatic hydroxyl groups excluding tert-OH is 2. The molecule has 0 spiro atoms. The van der Waals surface area contributed by atoms with Gasteiger partial charge in [-0.15, -0.1) is 0 Å². The van der Waals surface area contributed by atoms with E-state index in [-0.39, 0.29) is 23.5 Å². The van der Waals surface area contributed by atoms with Crippen LogP contribution in [0, 0.1) is 16.7 Å². The number of rotatable bonds is 1. The van der Waals surface area contributed by atoms with Crippen LogP contribution >= 0.6 is 0 Å². The van der Waals surface area contributed by atoms with Gasteiger partial charge in [0.25, 0.3) is 0 Å². The van der Waals surface area contributed by atoms with Crippen LogP contribution in [0.4, 0.5) is 0 Å². The minimum absolute atomic E-state index is 0.0214. The van der Waals surface area contributed by atoms with Crippen molar-refractivity contribution >= 4 is 0 Å². The molecule has 0 radical (unpaired) electrons. The molecule has 0 heterocycles. The van der Waals surface area contributed by atoms with Crippen molar-refractivity contribution in [2.45, 2.75) is 39.2 Å². The van der Waals surface area contributed by atoms with Gasteiger partial charge in [0.05, 0.1) is 6.10 Å². The van der Waals surface area contributed by atoms with Gasteiger partial charge in [-0.05, 0) is 25.2 Å². The van der Waals surface area contributed by atoms with Crippen LogP contribution < -0.4 is 0 Å². The Balaban J connectivity index is 2.38. The van der Waals surface area contributed by atoms with Crippen LogP contribution in [-0.2, 0) is 0 Å². The Kier molecular flexibility index (Phi) is 1.59. The van der Waals surface area contributed by atoms with Crippen molar-refractivity contribution in [2.75, 3.05) is 6.61 Å². The predicted molar refractivity (Wildman–Crippen MR) is 46.6 cm³/mol. The molecule has 12 heavy (non-hydrogen) atoms. The molecule has 2 N–H and O–H groups in total. The van der Waals surface area contributed by atoms with E-state index in [0.717, 1.165) is 12.8 Å². The first kappa shape index (κ1) is 8.52. The molecule has 2 nitrogen and oxygen atoms in total. The molecule has 0 aromatic carbocycles. The van der Waals surface area contributed by atoms with Gasteiger partial charge >= 0.3 is 0 Å². The molecule has 2 saturated carbocycles. The number of hydrogen-bond acceptors (Lipinski definition) is 2. The van der Waals surface area contributed by atoms with Gasteiger partial charge in [-0.1, -0.05) is 13.8 Å². The first-order chi connectivity index (χ1) is 5.54. The molecule has 2 fully saturated rings. The van der Waals surface area contributed by atoms with E-state index < -0.39 is 0 Å². The summed E-state index contributed by atoms with van der Waals surface area (Å²) >= 11 is 0. The minimum Gasteiger partial charge on any atom is -0.396 e. The summed E-state index contributed by atoms with van der Waals surface area (Å²) in [6, 6.07) is 0. The summed E-state index contributed by atoms with van der Waals surface area (Å²) in [4.78, 5) is 0. The highest BCUT2D eigenvalue weighted by Gasteiger charge is 2.63. The zero-order valence-electron chi connectivity index (χ0n) is 7.88. The molecule has 2 aliphatic rings. The summed E-state index contributed by atoms with van der Waals surface area (Å²) in [6.07, 6.45) is 2.97. The molecule has 0 aliphatic heterocycles. The van der Waals surface area contributed by atoms with Crippen LogP contribution in [0.5, 0.6) is 0 Å². The predicted octanol–water partition coefficient (Wildman–Crippen LogP) is 1.17. The van der Waals surface area contributed by atoms with Crippen molar-refractivity contribution in [3.63, 3.8) is 0 Å². The fourth-order valence-corrected chi connectivity index (χ4v) is 3.31. The molecular weight excluding hydrogens is 152 g/mol. The van der Waals surface area contributed by atoms with E-state index in [0.29, 0.717) is 5.92 Å². The van der Waals surface area contributed by atoms with Gasteiger partial charge in [0.2, 0.25) is 0 Å². The molecule has 70 valence electrons. The van der Waals surface area contributed by atoms with Crippen molar-refractivity contribution in [3.8, 4) is 0 Å². The van der Waals surface area contributed by atoms with E-state index in [2.05, 4.69) is 13.8 Å². The zero-order valence-corrected chi connectivity index (χ0v) is 7.88. The number of aliphatic hydroxyl groups is 2. The van der Waals surface area contributed by atoms with E-state index in [4.69, 9.17) is 0 Å². The average molecular weight is 170 g/mol. The standard InChI is InChI=1S/C10H18O2/c1-9-4-3-7(5-8(9)12)10(9,2)6-11/h7-8,11-12H,3-6H2,1-2H3/t7-,8-,9+,10?/m0/s1. The van der Waals surface area contributed by atoms with Crippen LogP contribution in [0.2, 0.25) is 0 Å². The molecule has 2 heteroatoms. The molecule has 0 saturated heterocycles. The third-order valence-electron chi connectivity index (χ3n) is 4.79. The van der Waals surface area contributed by atoms with Gasteiger partial charge in [0, 0.05) is 17.4 Å². The van der Waals surface area contributed by atoms with E-state index in [1.165, 1.54) is 6.42 Å². The lowest BCUT2D eigenvalue weighted by atomic mass is 9.69. The van der Waals surface area contributed by atoms with Gasteiger partial charge in [-0.2, -0.15) is 0 Å². The highest BCUT2D eigenvalue weighted by molar-refractivity contribution is 5.12. The third kappa shape index (κ3) is 0.686. The molecule has 4 atom stereocenters. The van der Waals surface area contributed by atoms with E-state index in [1.807, 2.05) is 0 Å². The average Bonchev–Trinajstić information content (AvgIpc) is 2.39. The molecule has 0 aromatic heterocycles. The smallest absolute Gasteiger partial charge is 0.0602 e. The Morgan fingerprint density at radius 2 is 2.08 bits per heavy atom. The van der Waals surface area contributed by atoms with Crippen molar-refractivity contribution in [1.82, 2.24) is 0 Å². The molecule has 0 amide bonds. The Hall–Kier alpha value is -0.0800. The van der Waals surface area contributed by atoms with Crippen molar-refractivity contribution < 1.29 is 10.2 Å². The second kappa shape index (κ2) is 2.24. The lowest BCUT2D eigenvalue weighted by molar-refractivity contribution is -0.0213. The molecule has 2 rings (SSSR count). The summed E-state index contributed by atoms with van der Waals surface area (Å²) in [6.45, 7) is 4.48. The lowest BCUT2D eigenvalue weighted by Gasteiger charge is -2.38. The van der Waals surface area contributed by atoms with E-state index in [1.54, 1.807) is 0 Å². The van der Waals surface area contributed by atoms with E-state index >= 15 is 0 Å². The Morgan fingerprint density at radius 3 is 2.33 bits per heavy atom. The number of hydrogen-bond donors (Lipinski definition) is 2. The van der Waals surface area contributed by atoms with E-state index in [9.17, 15) is 10.2 Å². The second-order valence-electron chi connectivity index (χ2n) is 4.98. The highest BCUT2D eigenvalue weighted by Crippen LogP contribution is 2.65. The van der Waals surface area contributed by atoms with Gasteiger partial charge in [0.15, 0.2) is 0 Å². The molecule has 2 bridgehead atoms. The summed E-state index contributed by atoms with van der Waals surface area (Å²) in [5.41, 5.74) is -0.0428. The minimum atomic E-state index is -0.187. The first-order valence-electron chi connectivity index (χ1n) is 4.83. The molecular formula is C10H18O2. The van der Waals surface area contributed by atoms with Crippen LogP contribution in [0.15, 0.2) is 0 Å². The maximum Gasteiger partial charge on any atom is 0.0602 e. The normalized spacial score (nSPS) is 58.0. The SMILES string of the molecule is CC1(CO)[C@H]2CC[C@]1(C)[C@@H](O)C2. The van der Waals surface area contributed by atoms with Gasteiger partial charge < -0.3 is 10.2 Å². The number of fused-ring (bicyclic) bond motifs is 2. The van der Waals surface area contributed by atoms with Crippen LogP contribution in [0.1, 0.15) is 33.1 Å². The molecule has 1 unspecified atom stereocenters. The summed E-state index contributed by atoms with van der Waals surface area (Å²) in [7, 11) is 0. The van der Waals surface area contributed by atoms with Gasteiger partial charge in [0.1, 0.15) is 0 Å². The van der Waals surface area contributed by atoms with Crippen LogP contribution in [0.25, 0.3) is 0 Å². The molecule has 2 aliphatic carbocycles. The third-order valence-corrected chi connectivity index (χ3v) is 4.79. The Labute approximate surface area is 73.6 Å². The Bertz CT molecular complexity index is 202. The van der Waals surface area contributed by atoms with Gasteiger partial charge in [-0.25, -0.2) is 0 Å². The Morgan fingerprint density at radius 1 is 1.42 bits per heavy atom. The first-order valence-corrected chi connectivity index (χ1v) is 4.83. The summed E-state index contributed by atoms with van der Waals surface area (Å²) in [5.74, 6) is 0.544. The monoisotopic (exact) mass is 170 g/mol. The fourth-order valence-electron chi connectivity index (χ4n) is 3.31. The fraction of sp³-hybridized carbons (Fsp3) is 1.00. The van der Waals surface area contributed by atoms with Gasteiger partial charge in [-0.3, -0.25) is 0 Å². The van der Waals surface area contributed by atoms with Crippen LogP contribution in [0.3, 0.4) is 0 Å². The van der Waals surface area contributed by atoms with Crippen LogP contribution in [-0.4, -0.2) is 22.9 Å². The van der Waals surface area contributed by atoms with Crippen molar-refractivity contribution in [2.24, 2.45) is 16.7 Å². The highest BCUT2D eigenvalue weighted by atomic mass is 16.3. The summed E-state index contributed by atoms with van der Waals surface area (Å²) < 4.78 is 0. The zero-order chi connectivity index (χ0) is 8.98. The van der Waals surface area contributed by atoms with Crippen molar-refractivity contribution in [1.29, 1.82) is 0 Å². The molecule has 0 aromatic rings. The maximum atomic E-state index is 9.83.